The molecule has 0 saturated heterocycles. The summed E-state index contributed by atoms with van der Waals surface area (Å²) in [6.45, 7) is 3.94. The highest BCUT2D eigenvalue weighted by atomic mass is 19.1. The van der Waals surface area contributed by atoms with Gasteiger partial charge in [-0.3, -0.25) is 4.79 Å². The van der Waals surface area contributed by atoms with Gasteiger partial charge >= 0.3 is 0 Å². The highest BCUT2D eigenvalue weighted by molar-refractivity contribution is 5.81. The molecular weight excluding hydrogens is 417 g/mol. The summed E-state index contributed by atoms with van der Waals surface area (Å²) in [5.41, 5.74) is 2.66. The number of nitrogens with zero attached hydrogens (tertiary/aromatic N) is 2. The van der Waals surface area contributed by atoms with E-state index in [9.17, 15) is 9.18 Å². The van der Waals surface area contributed by atoms with Gasteiger partial charge in [-0.25, -0.2) is 9.07 Å². The number of aromatic nitrogens is 2. The largest absolute Gasteiger partial charge is 0.484 e. The molecule has 0 aliphatic carbocycles. The molecule has 33 heavy (non-hydrogen) atoms. The van der Waals surface area contributed by atoms with Gasteiger partial charge in [0.25, 0.3) is 0 Å². The topological polar surface area (TPSA) is 56.1 Å². The van der Waals surface area contributed by atoms with Crippen molar-refractivity contribution in [1.82, 2.24) is 15.1 Å². The molecule has 0 radical (unpaired) electrons. The number of carbonyl (C=O) groups excluding carboxylic acids is 1. The summed E-state index contributed by atoms with van der Waals surface area (Å²) in [6, 6.07) is 21.6. The number of amides is 1. The van der Waals surface area contributed by atoms with Gasteiger partial charge in [0.15, 0.2) is 0 Å². The van der Waals surface area contributed by atoms with Gasteiger partial charge in [0.1, 0.15) is 17.7 Å². The van der Waals surface area contributed by atoms with Crippen LogP contribution in [-0.2, 0) is 4.79 Å². The van der Waals surface area contributed by atoms with Crippen molar-refractivity contribution in [3.8, 4) is 11.4 Å². The van der Waals surface area contributed by atoms with Crippen molar-refractivity contribution < 1.29 is 13.9 Å². The zero-order valence-corrected chi connectivity index (χ0v) is 18.2. The SMILES string of the molecule is C.CCCC(=O)N[C@@H](C)[C@H](Oc1ccc2c(cnn2-c2ccc(F)cc2)c1)c1ccccc1. The molecule has 1 N–H and O–H groups in total. The Morgan fingerprint density at radius 1 is 1.09 bits per heavy atom. The molecule has 3 aromatic carbocycles. The molecule has 0 spiro atoms. The quantitative estimate of drug-likeness (QED) is 0.349. The van der Waals surface area contributed by atoms with Crippen LogP contribution in [0.5, 0.6) is 5.75 Å². The maximum Gasteiger partial charge on any atom is 0.220 e. The maximum atomic E-state index is 13.3. The van der Waals surface area contributed by atoms with Gasteiger partial charge in [0, 0.05) is 11.8 Å². The summed E-state index contributed by atoms with van der Waals surface area (Å²) in [5, 5.41) is 8.41. The Kier molecular flexibility index (Phi) is 7.83. The van der Waals surface area contributed by atoms with E-state index < -0.39 is 0 Å². The number of halogens is 1. The molecule has 0 fully saturated rings. The molecular formula is C27H30FN3O2. The first kappa shape index (κ1) is 24.0. The molecule has 6 heteroatoms. The van der Waals surface area contributed by atoms with E-state index in [-0.39, 0.29) is 31.3 Å². The van der Waals surface area contributed by atoms with Crippen molar-refractivity contribution in [2.75, 3.05) is 0 Å². The maximum absolute atomic E-state index is 13.3. The smallest absolute Gasteiger partial charge is 0.220 e. The number of nitrogens with one attached hydrogen (secondary N) is 1. The van der Waals surface area contributed by atoms with Gasteiger partial charge in [-0.05, 0) is 61.4 Å². The number of rotatable bonds is 8. The van der Waals surface area contributed by atoms with E-state index in [4.69, 9.17) is 4.74 Å². The lowest BCUT2D eigenvalue weighted by molar-refractivity contribution is -0.122. The van der Waals surface area contributed by atoms with Gasteiger partial charge in [-0.15, -0.1) is 0 Å². The summed E-state index contributed by atoms with van der Waals surface area (Å²) in [4.78, 5) is 12.2. The monoisotopic (exact) mass is 447 g/mol. The first-order valence-corrected chi connectivity index (χ1v) is 10.8. The molecule has 4 aromatic rings. The Hall–Kier alpha value is -3.67. The zero-order chi connectivity index (χ0) is 22.5. The molecule has 0 unspecified atom stereocenters. The highest BCUT2D eigenvalue weighted by Gasteiger charge is 2.23. The third-order valence-corrected chi connectivity index (χ3v) is 5.32. The predicted molar refractivity (Wildman–Crippen MR) is 130 cm³/mol. The van der Waals surface area contributed by atoms with Crippen molar-refractivity contribution in [3.05, 3.63) is 90.4 Å². The molecule has 0 bridgehead atoms. The lowest BCUT2D eigenvalue weighted by Gasteiger charge is -2.26. The normalized spacial score (nSPS) is 12.6. The average molecular weight is 448 g/mol. The van der Waals surface area contributed by atoms with Crippen molar-refractivity contribution in [2.24, 2.45) is 0 Å². The summed E-state index contributed by atoms with van der Waals surface area (Å²) in [7, 11) is 0. The van der Waals surface area contributed by atoms with Crippen molar-refractivity contribution >= 4 is 16.8 Å². The fourth-order valence-corrected chi connectivity index (χ4v) is 3.75. The number of ether oxygens (including phenoxy) is 1. The zero-order valence-electron chi connectivity index (χ0n) is 18.2. The highest BCUT2D eigenvalue weighted by Crippen LogP contribution is 2.29. The lowest BCUT2D eigenvalue weighted by Crippen LogP contribution is -2.39. The minimum absolute atomic E-state index is 0. The third-order valence-electron chi connectivity index (χ3n) is 5.32. The third kappa shape index (κ3) is 5.58. The first-order chi connectivity index (χ1) is 15.5. The number of hydrogen-bond acceptors (Lipinski definition) is 3. The van der Waals surface area contributed by atoms with Crippen molar-refractivity contribution in [2.45, 2.75) is 46.3 Å². The average Bonchev–Trinajstić information content (AvgIpc) is 3.22. The summed E-state index contributed by atoms with van der Waals surface area (Å²) < 4.78 is 21.4. The van der Waals surface area contributed by atoms with E-state index in [1.807, 2.05) is 62.4 Å². The second-order valence-electron chi connectivity index (χ2n) is 7.81. The van der Waals surface area contributed by atoms with Crippen molar-refractivity contribution in [1.29, 1.82) is 0 Å². The number of benzene rings is 3. The molecule has 5 nitrogen and oxygen atoms in total. The fourth-order valence-electron chi connectivity index (χ4n) is 3.75. The van der Waals surface area contributed by atoms with Crippen LogP contribution in [0.1, 0.15) is 45.8 Å². The standard InChI is InChI=1S/C26H26FN3O2.CH4/c1-3-7-25(31)29-18(2)26(19-8-5-4-6-9-19)32-23-14-15-24-20(16-23)17-28-30(24)22-12-10-21(27)11-13-22;/h4-6,8-18,26H,3,7H2,1-2H3,(H,29,31);1H4/t18-,26-;/m0./s1. The molecule has 0 saturated carbocycles. The Morgan fingerprint density at radius 2 is 1.82 bits per heavy atom. The Morgan fingerprint density at radius 3 is 2.52 bits per heavy atom. The Labute approximate surface area is 194 Å². The number of fused-ring (bicyclic) bond motifs is 1. The van der Waals surface area contributed by atoms with Crippen LogP contribution >= 0.6 is 0 Å². The molecule has 1 aromatic heterocycles. The Balaban J connectivity index is 0.00000306. The first-order valence-electron chi connectivity index (χ1n) is 10.8. The molecule has 4 rings (SSSR count). The summed E-state index contributed by atoms with van der Waals surface area (Å²) in [6.07, 6.45) is 2.70. The van der Waals surface area contributed by atoms with Crippen LogP contribution in [0.4, 0.5) is 4.39 Å². The summed E-state index contributed by atoms with van der Waals surface area (Å²) >= 11 is 0. The van der Waals surface area contributed by atoms with E-state index in [1.54, 1.807) is 23.0 Å². The van der Waals surface area contributed by atoms with Crippen LogP contribution in [0.25, 0.3) is 16.6 Å². The van der Waals surface area contributed by atoms with Gasteiger partial charge in [0.2, 0.25) is 5.91 Å². The van der Waals surface area contributed by atoms with Gasteiger partial charge in [0.05, 0.1) is 23.4 Å². The van der Waals surface area contributed by atoms with Crippen LogP contribution in [0.2, 0.25) is 0 Å². The van der Waals surface area contributed by atoms with E-state index in [0.29, 0.717) is 12.2 Å². The fraction of sp³-hybridized carbons (Fsp3) is 0.259. The van der Waals surface area contributed by atoms with E-state index in [0.717, 1.165) is 28.6 Å². The van der Waals surface area contributed by atoms with Crippen molar-refractivity contribution in [3.63, 3.8) is 0 Å². The lowest BCUT2D eigenvalue weighted by atomic mass is 10.0. The van der Waals surface area contributed by atoms with Crippen LogP contribution in [0, 0.1) is 5.82 Å². The van der Waals surface area contributed by atoms with Gasteiger partial charge < -0.3 is 10.1 Å². The molecule has 1 amide bonds. The Bertz CT molecular complexity index is 1190. The molecule has 0 aliphatic rings. The molecule has 172 valence electrons. The van der Waals surface area contributed by atoms with Crippen LogP contribution < -0.4 is 10.1 Å². The van der Waals surface area contributed by atoms with Gasteiger partial charge in [-0.1, -0.05) is 44.7 Å². The second kappa shape index (κ2) is 10.8. The minimum atomic E-state index is -0.346. The van der Waals surface area contributed by atoms with Crippen LogP contribution in [-0.4, -0.2) is 21.7 Å². The van der Waals surface area contributed by atoms with Crippen LogP contribution in [0.3, 0.4) is 0 Å². The molecule has 2 atom stereocenters. The van der Waals surface area contributed by atoms with E-state index >= 15 is 0 Å². The van der Waals surface area contributed by atoms with Crippen LogP contribution in [0.15, 0.2) is 79.0 Å². The van der Waals surface area contributed by atoms with E-state index in [2.05, 4.69) is 10.4 Å². The van der Waals surface area contributed by atoms with E-state index in [1.165, 1.54) is 12.1 Å². The minimum Gasteiger partial charge on any atom is -0.484 e. The second-order valence-corrected chi connectivity index (χ2v) is 7.81. The predicted octanol–water partition coefficient (Wildman–Crippen LogP) is 6.23. The van der Waals surface area contributed by atoms with Gasteiger partial charge in [-0.2, -0.15) is 5.10 Å². The number of hydrogen-bond donors (Lipinski definition) is 1. The molecule has 0 aliphatic heterocycles. The summed E-state index contributed by atoms with van der Waals surface area (Å²) in [5.74, 6) is 0.412. The molecule has 1 heterocycles. The number of carbonyl (C=O) groups is 1.